The third-order valence-electron chi connectivity index (χ3n) is 4.08. The molecule has 1 rings (SSSR count). The van der Waals surface area contributed by atoms with Gasteiger partial charge in [0.2, 0.25) is 0 Å². The predicted molar refractivity (Wildman–Crippen MR) is 86.7 cm³/mol. The summed E-state index contributed by atoms with van der Waals surface area (Å²) in [7, 11) is 0. The van der Waals surface area contributed by atoms with Gasteiger partial charge in [-0.25, -0.2) is 0 Å². The van der Waals surface area contributed by atoms with Gasteiger partial charge in [-0.15, -0.1) is 0 Å². The first-order valence-corrected chi connectivity index (χ1v) is 8.43. The highest BCUT2D eigenvalue weighted by atomic mass is 14.1. The number of unbranched alkanes of at least 4 members (excludes halogenated alkanes) is 6. The van der Waals surface area contributed by atoms with Crippen LogP contribution in [0, 0.1) is 0 Å². The Morgan fingerprint density at radius 1 is 0.684 bits per heavy atom. The normalized spacial score (nSPS) is 12.5. The van der Waals surface area contributed by atoms with E-state index in [0.717, 1.165) is 5.92 Å². The molecule has 19 heavy (non-hydrogen) atoms. The van der Waals surface area contributed by atoms with Crippen LogP contribution in [0.2, 0.25) is 0 Å². The van der Waals surface area contributed by atoms with Crippen molar-refractivity contribution in [3.8, 4) is 0 Å². The summed E-state index contributed by atoms with van der Waals surface area (Å²) in [6.07, 6.45) is 13.9. The Morgan fingerprint density at radius 2 is 1.26 bits per heavy atom. The van der Waals surface area contributed by atoms with Gasteiger partial charge >= 0.3 is 0 Å². The van der Waals surface area contributed by atoms with Crippen molar-refractivity contribution in [1.82, 2.24) is 0 Å². The molecule has 0 aliphatic heterocycles. The topological polar surface area (TPSA) is 0 Å². The Labute approximate surface area is 120 Å². The minimum atomic E-state index is 0.798. The van der Waals surface area contributed by atoms with Gasteiger partial charge < -0.3 is 0 Å². The highest BCUT2D eigenvalue weighted by Crippen LogP contribution is 2.27. The fraction of sp³-hybridized carbons (Fsp3) is 0.684. The molecule has 0 aliphatic rings. The van der Waals surface area contributed by atoms with Crippen molar-refractivity contribution in [1.29, 1.82) is 0 Å². The van der Waals surface area contributed by atoms with Crippen LogP contribution in [-0.2, 0) is 0 Å². The highest BCUT2D eigenvalue weighted by Gasteiger charge is 2.10. The van der Waals surface area contributed by atoms with Crippen molar-refractivity contribution in [2.75, 3.05) is 0 Å². The second-order valence-corrected chi connectivity index (χ2v) is 5.81. The standard InChI is InChI=1S/C19H32/c1-3-5-7-8-9-11-15-18(14-6-4-2)19-16-12-10-13-17-19/h10,12-13,16-18H,3-9,11,14-15H2,1-2H3. The van der Waals surface area contributed by atoms with Gasteiger partial charge in [0.1, 0.15) is 0 Å². The molecular formula is C19H32. The van der Waals surface area contributed by atoms with E-state index < -0.39 is 0 Å². The van der Waals surface area contributed by atoms with Crippen LogP contribution in [-0.4, -0.2) is 0 Å². The number of benzene rings is 1. The van der Waals surface area contributed by atoms with Crippen molar-refractivity contribution >= 4 is 0 Å². The quantitative estimate of drug-likeness (QED) is 0.388. The molecule has 1 aromatic rings. The lowest BCUT2D eigenvalue weighted by Crippen LogP contribution is -1.99. The lowest BCUT2D eigenvalue weighted by Gasteiger charge is -2.17. The van der Waals surface area contributed by atoms with E-state index in [1.165, 1.54) is 64.2 Å². The molecule has 0 heteroatoms. The molecule has 0 heterocycles. The van der Waals surface area contributed by atoms with E-state index >= 15 is 0 Å². The van der Waals surface area contributed by atoms with E-state index in [1.54, 1.807) is 5.56 Å². The average Bonchev–Trinajstić information content (AvgIpc) is 2.46. The summed E-state index contributed by atoms with van der Waals surface area (Å²) in [5.41, 5.74) is 1.56. The van der Waals surface area contributed by atoms with Crippen LogP contribution in [0.25, 0.3) is 0 Å². The Balaban J connectivity index is 2.30. The van der Waals surface area contributed by atoms with Gasteiger partial charge in [0, 0.05) is 0 Å². The average molecular weight is 260 g/mol. The van der Waals surface area contributed by atoms with Gasteiger partial charge in [-0.2, -0.15) is 0 Å². The van der Waals surface area contributed by atoms with E-state index in [4.69, 9.17) is 0 Å². The fourth-order valence-corrected chi connectivity index (χ4v) is 2.82. The number of hydrogen-bond donors (Lipinski definition) is 0. The Bertz CT molecular complexity index is 288. The molecule has 0 radical (unpaired) electrons. The van der Waals surface area contributed by atoms with E-state index in [-0.39, 0.29) is 0 Å². The maximum absolute atomic E-state index is 2.32. The van der Waals surface area contributed by atoms with Gasteiger partial charge in [0.15, 0.2) is 0 Å². The molecule has 0 bridgehead atoms. The lowest BCUT2D eigenvalue weighted by molar-refractivity contribution is 0.502. The van der Waals surface area contributed by atoms with Crippen LogP contribution in [0.4, 0.5) is 0 Å². The fourth-order valence-electron chi connectivity index (χ4n) is 2.82. The molecule has 0 amide bonds. The van der Waals surface area contributed by atoms with Crippen LogP contribution >= 0.6 is 0 Å². The summed E-state index contributed by atoms with van der Waals surface area (Å²) in [4.78, 5) is 0. The molecule has 1 aromatic carbocycles. The summed E-state index contributed by atoms with van der Waals surface area (Å²) in [5, 5.41) is 0. The number of rotatable bonds is 11. The maximum Gasteiger partial charge on any atom is -0.0162 e. The highest BCUT2D eigenvalue weighted by molar-refractivity contribution is 5.19. The van der Waals surface area contributed by atoms with E-state index in [9.17, 15) is 0 Å². The van der Waals surface area contributed by atoms with Gasteiger partial charge in [0.25, 0.3) is 0 Å². The second kappa shape index (κ2) is 11.1. The van der Waals surface area contributed by atoms with Crippen molar-refractivity contribution in [3.05, 3.63) is 35.9 Å². The van der Waals surface area contributed by atoms with E-state index in [2.05, 4.69) is 44.2 Å². The summed E-state index contributed by atoms with van der Waals surface area (Å²) < 4.78 is 0. The third kappa shape index (κ3) is 7.40. The predicted octanol–water partition coefficient (Wildman–Crippen LogP) is 6.71. The van der Waals surface area contributed by atoms with Crippen LogP contribution < -0.4 is 0 Å². The molecule has 0 aromatic heterocycles. The van der Waals surface area contributed by atoms with Crippen LogP contribution in [0.3, 0.4) is 0 Å². The smallest absolute Gasteiger partial charge is 0.0162 e. The van der Waals surface area contributed by atoms with Crippen LogP contribution in [0.5, 0.6) is 0 Å². The van der Waals surface area contributed by atoms with Crippen molar-refractivity contribution in [2.24, 2.45) is 0 Å². The van der Waals surface area contributed by atoms with Crippen molar-refractivity contribution < 1.29 is 0 Å². The molecule has 0 saturated heterocycles. The molecule has 1 unspecified atom stereocenters. The maximum atomic E-state index is 2.32. The second-order valence-electron chi connectivity index (χ2n) is 5.81. The Morgan fingerprint density at radius 3 is 1.95 bits per heavy atom. The first-order valence-electron chi connectivity index (χ1n) is 8.43. The summed E-state index contributed by atoms with van der Waals surface area (Å²) >= 11 is 0. The molecule has 0 saturated carbocycles. The first kappa shape index (κ1) is 16.3. The molecule has 0 aliphatic carbocycles. The molecule has 108 valence electrons. The van der Waals surface area contributed by atoms with Crippen molar-refractivity contribution in [3.63, 3.8) is 0 Å². The molecule has 0 spiro atoms. The van der Waals surface area contributed by atoms with Gasteiger partial charge in [0.05, 0.1) is 0 Å². The minimum absolute atomic E-state index is 0.798. The summed E-state index contributed by atoms with van der Waals surface area (Å²) in [6, 6.07) is 11.1. The van der Waals surface area contributed by atoms with Crippen LogP contribution in [0.1, 0.15) is 89.5 Å². The SMILES string of the molecule is CCCCCCCCC(CCCC)c1ccccc1. The molecule has 0 N–H and O–H groups in total. The Hall–Kier alpha value is -0.780. The number of hydrogen-bond acceptors (Lipinski definition) is 0. The molecule has 1 atom stereocenters. The monoisotopic (exact) mass is 260 g/mol. The summed E-state index contributed by atoms with van der Waals surface area (Å²) in [6.45, 7) is 4.59. The third-order valence-corrected chi connectivity index (χ3v) is 4.08. The van der Waals surface area contributed by atoms with Gasteiger partial charge in [-0.05, 0) is 24.3 Å². The zero-order valence-corrected chi connectivity index (χ0v) is 13.0. The van der Waals surface area contributed by atoms with Gasteiger partial charge in [-0.1, -0.05) is 95.5 Å². The summed E-state index contributed by atoms with van der Waals surface area (Å²) in [5.74, 6) is 0.798. The molecule has 0 fully saturated rings. The van der Waals surface area contributed by atoms with Crippen LogP contribution in [0.15, 0.2) is 30.3 Å². The van der Waals surface area contributed by atoms with Gasteiger partial charge in [-0.3, -0.25) is 0 Å². The van der Waals surface area contributed by atoms with E-state index in [1.807, 2.05) is 0 Å². The lowest BCUT2D eigenvalue weighted by atomic mass is 9.88. The largest absolute Gasteiger partial charge is 0.0654 e. The van der Waals surface area contributed by atoms with E-state index in [0.29, 0.717) is 0 Å². The van der Waals surface area contributed by atoms with Crippen molar-refractivity contribution in [2.45, 2.75) is 84.0 Å². The Kier molecular flexibility index (Phi) is 9.49. The minimum Gasteiger partial charge on any atom is -0.0654 e. The zero-order chi connectivity index (χ0) is 13.8. The first-order chi connectivity index (χ1) is 9.38. The molecular weight excluding hydrogens is 228 g/mol. The zero-order valence-electron chi connectivity index (χ0n) is 13.0. The molecule has 0 nitrogen and oxygen atoms in total.